The van der Waals surface area contributed by atoms with Gasteiger partial charge in [0.1, 0.15) is 5.82 Å². The Bertz CT molecular complexity index is 594. The number of aromatic nitrogens is 3. The van der Waals surface area contributed by atoms with Gasteiger partial charge in [0.05, 0.1) is 17.3 Å². The highest BCUT2D eigenvalue weighted by atomic mass is 32.1. The number of aryl methyl sites for hydroxylation is 1. The van der Waals surface area contributed by atoms with Crippen molar-refractivity contribution in [2.45, 2.75) is 13.0 Å². The first-order valence-electron chi connectivity index (χ1n) is 6.56. The van der Waals surface area contributed by atoms with E-state index in [4.69, 9.17) is 0 Å². The van der Waals surface area contributed by atoms with Crippen LogP contribution >= 0.6 is 11.5 Å². The number of carbonyl (C=O) groups excluding carboxylic acids is 1. The smallest absolute Gasteiger partial charge is 0.256 e. The van der Waals surface area contributed by atoms with Gasteiger partial charge in [-0.1, -0.05) is 0 Å². The zero-order valence-electron chi connectivity index (χ0n) is 11.5. The van der Waals surface area contributed by atoms with Crippen molar-refractivity contribution in [3.63, 3.8) is 0 Å². The van der Waals surface area contributed by atoms with Gasteiger partial charge < -0.3 is 9.88 Å². The topological polar surface area (TPSA) is 65.1 Å². The number of H-pyrrole nitrogens is 1. The van der Waals surface area contributed by atoms with Crippen molar-refractivity contribution >= 4 is 17.4 Å². The Morgan fingerprint density at radius 3 is 3.00 bits per heavy atom. The summed E-state index contributed by atoms with van der Waals surface area (Å²) in [6.07, 6.45) is 3.56. The summed E-state index contributed by atoms with van der Waals surface area (Å²) in [4.78, 5) is 24.1. The number of nitrogens with one attached hydrogen (secondary N) is 1. The maximum Gasteiger partial charge on any atom is 0.256 e. The summed E-state index contributed by atoms with van der Waals surface area (Å²) >= 11 is 1.33. The van der Waals surface area contributed by atoms with Crippen LogP contribution in [-0.2, 0) is 0 Å². The van der Waals surface area contributed by atoms with Crippen LogP contribution in [0.3, 0.4) is 0 Å². The molecule has 1 fully saturated rings. The summed E-state index contributed by atoms with van der Waals surface area (Å²) in [5, 5.41) is 1.83. The Balaban J connectivity index is 1.79. The minimum atomic E-state index is 0.0703. The molecule has 1 aliphatic heterocycles. The molecule has 0 aliphatic carbocycles. The number of nitrogens with zero attached hydrogens (tertiary/aromatic N) is 4. The lowest BCUT2D eigenvalue weighted by molar-refractivity contribution is 0.0534. The van der Waals surface area contributed by atoms with Gasteiger partial charge >= 0.3 is 0 Å². The summed E-state index contributed by atoms with van der Waals surface area (Å²) in [7, 11) is 2.06. The average molecular weight is 291 g/mol. The number of hydrogen-bond donors (Lipinski definition) is 1. The van der Waals surface area contributed by atoms with E-state index in [9.17, 15) is 4.79 Å². The molecule has 1 atom stereocenters. The second-order valence-electron chi connectivity index (χ2n) is 5.04. The fraction of sp³-hybridized carbons (Fsp3) is 0.462. The fourth-order valence-corrected chi connectivity index (χ4v) is 3.17. The van der Waals surface area contributed by atoms with E-state index in [1.54, 1.807) is 6.20 Å². The molecule has 0 radical (unpaired) electrons. The lowest BCUT2D eigenvalue weighted by Crippen LogP contribution is -2.49. The van der Waals surface area contributed by atoms with Crippen molar-refractivity contribution in [2.24, 2.45) is 0 Å². The summed E-state index contributed by atoms with van der Waals surface area (Å²) in [5.41, 5.74) is 1.53. The second kappa shape index (κ2) is 5.34. The van der Waals surface area contributed by atoms with Gasteiger partial charge in [0.25, 0.3) is 5.91 Å². The lowest BCUT2D eigenvalue weighted by Gasteiger charge is -2.38. The van der Waals surface area contributed by atoms with E-state index in [2.05, 4.69) is 26.3 Å². The Morgan fingerprint density at radius 2 is 2.35 bits per heavy atom. The monoisotopic (exact) mass is 291 g/mol. The molecule has 0 saturated carbocycles. The van der Waals surface area contributed by atoms with Gasteiger partial charge in [0.2, 0.25) is 0 Å². The molecule has 0 bridgehead atoms. The van der Waals surface area contributed by atoms with E-state index in [0.29, 0.717) is 6.54 Å². The van der Waals surface area contributed by atoms with Crippen LogP contribution < -0.4 is 0 Å². The van der Waals surface area contributed by atoms with Crippen molar-refractivity contribution < 1.29 is 4.79 Å². The molecule has 0 unspecified atom stereocenters. The third-order valence-corrected chi connectivity index (χ3v) is 4.47. The third kappa shape index (κ3) is 2.34. The van der Waals surface area contributed by atoms with E-state index in [1.165, 1.54) is 11.5 Å². The summed E-state index contributed by atoms with van der Waals surface area (Å²) in [6.45, 7) is 4.11. The molecule has 7 heteroatoms. The van der Waals surface area contributed by atoms with E-state index >= 15 is 0 Å². The summed E-state index contributed by atoms with van der Waals surface area (Å²) in [5.74, 6) is 0.978. The van der Waals surface area contributed by atoms with Gasteiger partial charge in [-0.15, -0.1) is 0 Å². The summed E-state index contributed by atoms with van der Waals surface area (Å²) < 4.78 is 4.18. The molecule has 1 saturated heterocycles. The first kappa shape index (κ1) is 13.3. The number of hydrogen-bond acceptors (Lipinski definition) is 5. The molecule has 1 amide bonds. The van der Waals surface area contributed by atoms with E-state index in [-0.39, 0.29) is 11.9 Å². The van der Waals surface area contributed by atoms with Crippen LogP contribution in [0.15, 0.2) is 17.8 Å². The minimum absolute atomic E-state index is 0.0703. The Kier molecular flexibility index (Phi) is 3.54. The predicted octanol–water partition coefficient (Wildman–Crippen LogP) is 1.30. The molecule has 1 aliphatic rings. The van der Waals surface area contributed by atoms with Crippen molar-refractivity contribution in [2.75, 3.05) is 26.7 Å². The Hall–Kier alpha value is -1.73. The number of imidazole rings is 1. The zero-order chi connectivity index (χ0) is 14.1. The maximum atomic E-state index is 12.5. The van der Waals surface area contributed by atoms with Crippen molar-refractivity contribution in [3.8, 4) is 0 Å². The molecule has 3 rings (SSSR count). The number of aromatic amines is 1. The van der Waals surface area contributed by atoms with E-state index < -0.39 is 0 Å². The first-order chi connectivity index (χ1) is 9.66. The second-order valence-corrected chi connectivity index (χ2v) is 5.66. The van der Waals surface area contributed by atoms with Crippen LogP contribution in [0.1, 0.15) is 27.9 Å². The molecular weight excluding hydrogens is 274 g/mol. The standard InChI is InChI=1S/C13H17N5OS/c1-9-10(8-20-16-9)13(19)18-6-5-17(2)11(7-18)12-14-3-4-15-12/h3-4,8,11H,5-7H2,1-2H3,(H,14,15)/t11-/m0/s1. The van der Waals surface area contributed by atoms with Gasteiger partial charge in [-0.25, -0.2) is 4.98 Å². The largest absolute Gasteiger partial charge is 0.347 e. The van der Waals surface area contributed by atoms with Crippen LogP contribution in [0.25, 0.3) is 0 Å². The highest BCUT2D eigenvalue weighted by molar-refractivity contribution is 7.03. The van der Waals surface area contributed by atoms with Gasteiger partial charge in [-0.2, -0.15) is 4.37 Å². The fourth-order valence-electron chi connectivity index (χ4n) is 2.48. The molecule has 1 N–H and O–H groups in total. The highest BCUT2D eigenvalue weighted by Gasteiger charge is 2.31. The molecule has 0 spiro atoms. The molecule has 6 nitrogen and oxygen atoms in total. The van der Waals surface area contributed by atoms with Crippen LogP contribution in [0.4, 0.5) is 0 Å². The van der Waals surface area contributed by atoms with Gasteiger partial charge in [-0.3, -0.25) is 9.69 Å². The van der Waals surface area contributed by atoms with Gasteiger partial charge in [0.15, 0.2) is 0 Å². The SMILES string of the molecule is Cc1nscc1C(=O)N1CCN(C)[C@H](c2ncc[nH]2)C1. The van der Waals surface area contributed by atoms with Gasteiger partial charge in [0, 0.05) is 37.4 Å². The van der Waals surface area contributed by atoms with Crippen LogP contribution in [0, 0.1) is 6.92 Å². The number of carbonyl (C=O) groups is 1. The van der Waals surface area contributed by atoms with Crippen LogP contribution in [0.2, 0.25) is 0 Å². The number of piperazine rings is 1. The van der Waals surface area contributed by atoms with E-state index in [1.807, 2.05) is 23.4 Å². The molecule has 0 aromatic carbocycles. The van der Waals surface area contributed by atoms with Crippen LogP contribution in [-0.4, -0.2) is 56.7 Å². The average Bonchev–Trinajstić information content (AvgIpc) is 3.09. The lowest BCUT2D eigenvalue weighted by atomic mass is 10.1. The Labute approximate surface area is 121 Å². The van der Waals surface area contributed by atoms with Crippen LogP contribution in [0.5, 0.6) is 0 Å². The van der Waals surface area contributed by atoms with Crippen molar-refractivity contribution in [1.29, 1.82) is 0 Å². The quantitative estimate of drug-likeness (QED) is 0.906. The Morgan fingerprint density at radius 1 is 1.50 bits per heavy atom. The van der Waals surface area contributed by atoms with Gasteiger partial charge in [-0.05, 0) is 25.5 Å². The molecular formula is C13H17N5OS. The molecule has 106 valence electrons. The number of amides is 1. The normalized spacial score (nSPS) is 20.3. The third-order valence-electron chi connectivity index (χ3n) is 3.75. The highest BCUT2D eigenvalue weighted by Crippen LogP contribution is 2.23. The van der Waals surface area contributed by atoms with Crippen molar-refractivity contribution in [1.82, 2.24) is 24.1 Å². The molecule has 3 heterocycles. The van der Waals surface area contributed by atoms with E-state index in [0.717, 1.165) is 30.2 Å². The number of rotatable bonds is 2. The predicted molar refractivity (Wildman–Crippen MR) is 76.7 cm³/mol. The molecule has 20 heavy (non-hydrogen) atoms. The summed E-state index contributed by atoms with van der Waals surface area (Å²) in [6, 6.07) is 0.120. The van der Waals surface area contributed by atoms with Crippen molar-refractivity contribution in [3.05, 3.63) is 34.9 Å². The number of likely N-dealkylation sites (N-methyl/N-ethyl adjacent to an activating group) is 1. The molecule has 2 aromatic rings. The minimum Gasteiger partial charge on any atom is -0.347 e. The zero-order valence-corrected chi connectivity index (χ0v) is 12.4. The first-order valence-corrected chi connectivity index (χ1v) is 7.40. The maximum absolute atomic E-state index is 12.5. The molecule has 2 aromatic heterocycles.